The highest BCUT2D eigenvalue weighted by molar-refractivity contribution is 6.62. The van der Waals surface area contributed by atoms with Gasteiger partial charge in [-0.3, -0.25) is 20.2 Å². The first kappa shape index (κ1) is 19.3. The van der Waals surface area contributed by atoms with E-state index >= 15 is 0 Å². The van der Waals surface area contributed by atoms with Crippen molar-refractivity contribution in [3.63, 3.8) is 0 Å². The van der Waals surface area contributed by atoms with Gasteiger partial charge in [-0.1, -0.05) is 34.5 Å². The van der Waals surface area contributed by atoms with Crippen LogP contribution in [0.15, 0.2) is 48.8 Å². The molecule has 6 nitrogen and oxygen atoms in total. The van der Waals surface area contributed by atoms with Gasteiger partial charge >= 0.3 is 0 Å². The number of nitrogens with zero attached hydrogens (tertiary/aromatic N) is 3. The summed E-state index contributed by atoms with van der Waals surface area (Å²) in [5.41, 5.74) is 1.07. The fourth-order valence-corrected chi connectivity index (χ4v) is 2.44. The van der Waals surface area contributed by atoms with E-state index in [0.29, 0.717) is 16.4 Å². The minimum Gasteiger partial charge on any atom is -0.294 e. The molecule has 27 heavy (non-hydrogen) atoms. The smallest absolute Gasteiger partial charge is 0.249 e. The van der Waals surface area contributed by atoms with Crippen molar-refractivity contribution in [2.75, 3.05) is 5.32 Å². The molecule has 0 spiro atoms. The lowest BCUT2D eigenvalue weighted by Crippen LogP contribution is -2.50. The van der Waals surface area contributed by atoms with Crippen LogP contribution < -0.4 is 5.32 Å². The number of benzene rings is 1. The molecule has 0 aliphatic rings. The van der Waals surface area contributed by atoms with Crippen LogP contribution in [-0.4, -0.2) is 57.5 Å². The van der Waals surface area contributed by atoms with Gasteiger partial charge in [0.2, 0.25) is 11.9 Å². The fraction of sp³-hybridized carbons (Fsp3) is 0.125. The van der Waals surface area contributed by atoms with E-state index < -0.39 is 16.3 Å². The van der Waals surface area contributed by atoms with Crippen LogP contribution in [0, 0.1) is 0 Å². The quantitative estimate of drug-likeness (QED) is 0.662. The first-order valence-corrected chi connectivity index (χ1v) is 8.15. The van der Waals surface area contributed by atoms with E-state index in [4.69, 9.17) is 43.0 Å². The molecule has 0 unspecified atom stereocenters. The summed E-state index contributed by atoms with van der Waals surface area (Å²) in [6.07, 6.45) is 3.20. The highest BCUT2D eigenvalue weighted by Gasteiger charge is 2.42. The SMILES string of the molecule is [B]C([B])(C(=O)Nc1n[nH]c(-c2ccncc2)n1)C([B])([B])c1ccc(Cl)cc1. The van der Waals surface area contributed by atoms with Crippen LogP contribution in [0.25, 0.3) is 11.4 Å². The molecule has 11 heteroatoms. The molecular weight excluding hydrogens is 357 g/mol. The van der Waals surface area contributed by atoms with Crippen LogP contribution in [0.4, 0.5) is 5.95 Å². The molecule has 0 bridgehead atoms. The van der Waals surface area contributed by atoms with Crippen LogP contribution in [-0.2, 0) is 10.0 Å². The number of anilines is 1. The Morgan fingerprint density at radius 3 is 2.30 bits per heavy atom. The monoisotopic (exact) mass is 367 g/mol. The molecule has 1 amide bonds. The van der Waals surface area contributed by atoms with Crippen molar-refractivity contribution in [3.05, 3.63) is 59.4 Å². The number of H-pyrrole nitrogens is 1. The lowest BCUT2D eigenvalue weighted by atomic mass is 9.28. The van der Waals surface area contributed by atoms with E-state index in [2.05, 4.69) is 25.5 Å². The van der Waals surface area contributed by atoms with Crippen LogP contribution in [0.2, 0.25) is 10.2 Å². The van der Waals surface area contributed by atoms with E-state index in [0.717, 1.165) is 5.56 Å². The largest absolute Gasteiger partial charge is 0.294 e. The third kappa shape index (κ3) is 3.81. The molecule has 0 saturated carbocycles. The Balaban J connectivity index is 1.80. The topological polar surface area (TPSA) is 83.6 Å². The maximum absolute atomic E-state index is 12.6. The second kappa shape index (κ2) is 7.27. The molecule has 124 valence electrons. The van der Waals surface area contributed by atoms with Gasteiger partial charge < -0.3 is 0 Å². The van der Waals surface area contributed by atoms with E-state index in [1.165, 1.54) is 0 Å². The van der Waals surface area contributed by atoms with Crippen molar-refractivity contribution in [1.29, 1.82) is 0 Å². The van der Waals surface area contributed by atoms with E-state index in [1.54, 1.807) is 48.8 Å². The highest BCUT2D eigenvalue weighted by Crippen LogP contribution is 2.39. The van der Waals surface area contributed by atoms with Crippen LogP contribution in [0.5, 0.6) is 0 Å². The maximum atomic E-state index is 12.6. The molecule has 0 saturated heterocycles. The minimum absolute atomic E-state index is 0.0287. The molecule has 3 rings (SSSR count). The molecule has 8 radical (unpaired) electrons. The fourth-order valence-electron chi connectivity index (χ4n) is 2.31. The number of aromatic amines is 1. The van der Waals surface area contributed by atoms with Gasteiger partial charge in [0.1, 0.15) is 0 Å². The van der Waals surface area contributed by atoms with Crippen molar-refractivity contribution in [3.8, 4) is 11.4 Å². The highest BCUT2D eigenvalue weighted by atomic mass is 35.5. The third-order valence-corrected chi connectivity index (χ3v) is 4.30. The summed E-state index contributed by atoms with van der Waals surface area (Å²) in [5, 5.41) is 5.45. The zero-order valence-corrected chi connectivity index (χ0v) is 14.8. The molecule has 2 N–H and O–H groups in total. The average molecular weight is 367 g/mol. The molecule has 0 aliphatic carbocycles. The number of halogens is 1. The molecule has 0 fully saturated rings. The van der Waals surface area contributed by atoms with Crippen LogP contribution in [0.3, 0.4) is 0 Å². The zero-order chi connectivity index (χ0) is 19.7. The lowest BCUT2D eigenvalue weighted by Gasteiger charge is -2.43. The van der Waals surface area contributed by atoms with Gasteiger partial charge in [-0.2, -0.15) is 4.98 Å². The Bertz CT molecular complexity index is 947. The van der Waals surface area contributed by atoms with Gasteiger partial charge in [0.15, 0.2) is 5.82 Å². The molecule has 0 aliphatic heterocycles. The molecule has 0 atom stereocenters. The summed E-state index contributed by atoms with van der Waals surface area (Å²) in [7, 11) is 24.1. The Morgan fingerprint density at radius 1 is 1.04 bits per heavy atom. The molecule has 1 aromatic carbocycles. The van der Waals surface area contributed by atoms with Crippen molar-refractivity contribution >= 4 is 54.8 Å². The second-order valence-corrected chi connectivity index (χ2v) is 6.38. The maximum Gasteiger partial charge on any atom is 0.249 e. The van der Waals surface area contributed by atoms with Crippen molar-refractivity contribution in [1.82, 2.24) is 20.2 Å². The van der Waals surface area contributed by atoms with E-state index in [-0.39, 0.29) is 5.95 Å². The third-order valence-electron chi connectivity index (χ3n) is 4.05. The summed E-state index contributed by atoms with van der Waals surface area (Å²) in [6.45, 7) is 0. The predicted octanol–water partition coefficient (Wildman–Crippen LogP) is 1.10. The van der Waals surface area contributed by atoms with E-state index in [1.807, 2.05) is 0 Å². The van der Waals surface area contributed by atoms with Crippen LogP contribution in [0.1, 0.15) is 5.56 Å². The van der Waals surface area contributed by atoms with Crippen molar-refractivity contribution < 1.29 is 4.79 Å². The number of aromatic nitrogens is 4. The minimum atomic E-state index is -2.17. The summed E-state index contributed by atoms with van der Waals surface area (Å²) in [6, 6.07) is 9.67. The van der Waals surface area contributed by atoms with Gasteiger partial charge in [-0.05, 0) is 29.5 Å². The summed E-state index contributed by atoms with van der Waals surface area (Å²) in [5.74, 6) is -0.460. The number of carbonyl (C=O) groups is 1. The molecule has 2 aromatic heterocycles. The van der Waals surface area contributed by atoms with Gasteiger partial charge in [0.25, 0.3) is 0 Å². The standard InChI is InChI=1S/C16H10B4ClN5O/c17-15(18,10-1-3-11(21)4-2-10)16(19,20)13(27)24-14-23-12(25-26-14)9-5-7-22-8-6-9/h1-8H,(H2,23,24,25,26,27). The zero-order valence-electron chi connectivity index (χ0n) is 14.1. The number of hydrogen-bond donors (Lipinski definition) is 2. The molecule has 3 aromatic rings. The number of pyridine rings is 1. The van der Waals surface area contributed by atoms with Gasteiger partial charge in [0, 0.05) is 23.0 Å². The number of rotatable bonds is 5. The normalized spacial score (nSPS) is 11.9. The Labute approximate surface area is 166 Å². The summed E-state index contributed by atoms with van der Waals surface area (Å²) < 4.78 is 0. The Kier molecular flexibility index (Phi) is 5.20. The number of nitrogens with one attached hydrogen (secondary N) is 2. The number of hydrogen-bond acceptors (Lipinski definition) is 4. The van der Waals surface area contributed by atoms with Gasteiger partial charge in [0.05, 0.1) is 31.4 Å². The van der Waals surface area contributed by atoms with E-state index in [9.17, 15) is 4.79 Å². The lowest BCUT2D eigenvalue weighted by molar-refractivity contribution is -0.117. The predicted molar refractivity (Wildman–Crippen MR) is 107 cm³/mol. The first-order valence-electron chi connectivity index (χ1n) is 7.77. The van der Waals surface area contributed by atoms with Crippen molar-refractivity contribution in [2.24, 2.45) is 0 Å². The number of amides is 1. The van der Waals surface area contributed by atoms with Gasteiger partial charge in [-0.25, -0.2) is 0 Å². The van der Waals surface area contributed by atoms with Crippen LogP contribution >= 0.6 is 11.6 Å². The Morgan fingerprint density at radius 2 is 1.67 bits per heavy atom. The summed E-state index contributed by atoms with van der Waals surface area (Å²) >= 11 is 5.85. The second-order valence-electron chi connectivity index (χ2n) is 5.94. The first-order chi connectivity index (χ1) is 12.7. The number of carbonyl (C=O) groups excluding carboxylic acids is 1. The Hall–Kier alpha value is -2.47. The average Bonchev–Trinajstić information content (AvgIpc) is 3.11. The van der Waals surface area contributed by atoms with Crippen molar-refractivity contribution in [2.45, 2.75) is 10.4 Å². The summed E-state index contributed by atoms with van der Waals surface area (Å²) in [4.78, 5) is 20.7. The van der Waals surface area contributed by atoms with Gasteiger partial charge in [-0.15, -0.1) is 5.10 Å². The molecular formula is C16H10B4ClN5O. The molecule has 2 heterocycles.